The summed E-state index contributed by atoms with van der Waals surface area (Å²) < 4.78 is 5.44. The first-order chi connectivity index (χ1) is 12.3. The number of rotatable bonds is 4. The van der Waals surface area contributed by atoms with Crippen molar-refractivity contribution >= 4 is 17.2 Å². The van der Waals surface area contributed by atoms with E-state index in [1.165, 1.54) is 0 Å². The molecule has 4 heterocycles. The van der Waals surface area contributed by atoms with Gasteiger partial charge in [-0.25, -0.2) is 0 Å². The Balaban J connectivity index is 1.36. The van der Waals surface area contributed by atoms with Crippen LogP contribution in [0.2, 0.25) is 0 Å². The first-order valence-corrected chi connectivity index (χ1v) is 9.28. The molecule has 4 rings (SSSR count). The van der Waals surface area contributed by atoms with Crippen LogP contribution in [-0.4, -0.2) is 39.0 Å². The van der Waals surface area contributed by atoms with Gasteiger partial charge in [-0.1, -0.05) is 11.2 Å². The van der Waals surface area contributed by atoms with Gasteiger partial charge in [0.2, 0.25) is 17.6 Å². The standard InChI is InChI=1S/C18H18N4O2S/c23-16(11-13-6-10-25-12-13)22-8-4-14(5-9-22)18-20-17(21-24-18)15-3-1-2-7-19-15/h1-3,6-7,10,12,14H,4-5,8-9,11H2. The molecular weight excluding hydrogens is 336 g/mol. The molecule has 0 aliphatic carbocycles. The third-order valence-corrected chi connectivity index (χ3v) is 5.20. The van der Waals surface area contributed by atoms with Crippen LogP contribution in [-0.2, 0) is 11.2 Å². The maximum absolute atomic E-state index is 12.4. The summed E-state index contributed by atoms with van der Waals surface area (Å²) in [4.78, 5) is 23.0. The van der Waals surface area contributed by atoms with Crippen LogP contribution in [0.25, 0.3) is 11.5 Å². The number of likely N-dealkylation sites (tertiary alicyclic amines) is 1. The normalized spacial score (nSPS) is 15.4. The molecule has 25 heavy (non-hydrogen) atoms. The van der Waals surface area contributed by atoms with Crippen molar-refractivity contribution in [2.75, 3.05) is 13.1 Å². The van der Waals surface area contributed by atoms with Crippen LogP contribution in [0, 0.1) is 0 Å². The predicted octanol–water partition coefficient (Wildman–Crippen LogP) is 3.14. The zero-order valence-electron chi connectivity index (χ0n) is 13.7. The molecule has 1 saturated heterocycles. The van der Waals surface area contributed by atoms with E-state index in [1.807, 2.05) is 39.9 Å². The summed E-state index contributed by atoms with van der Waals surface area (Å²) in [6.07, 6.45) is 3.89. The molecule has 1 amide bonds. The van der Waals surface area contributed by atoms with Crippen molar-refractivity contribution in [3.8, 4) is 11.5 Å². The summed E-state index contributed by atoms with van der Waals surface area (Å²) >= 11 is 1.62. The maximum atomic E-state index is 12.4. The number of carbonyl (C=O) groups is 1. The maximum Gasteiger partial charge on any atom is 0.230 e. The summed E-state index contributed by atoms with van der Waals surface area (Å²) in [6.45, 7) is 1.46. The van der Waals surface area contributed by atoms with E-state index in [9.17, 15) is 4.79 Å². The van der Waals surface area contributed by atoms with Crippen molar-refractivity contribution in [3.63, 3.8) is 0 Å². The highest BCUT2D eigenvalue weighted by molar-refractivity contribution is 7.08. The van der Waals surface area contributed by atoms with Gasteiger partial charge in [0.25, 0.3) is 0 Å². The van der Waals surface area contributed by atoms with Crippen LogP contribution in [0.4, 0.5) is 0 Å². The highest BCUT2D eigenvalue weighted by Crippen LogP contribution is 2.28. The van der Waals surface area contributed by atoms with Crippen LogP contribution >= 0.6 is 11.3 Å². The summed E-state index contributed by atoms with van der Waals surface area (Å²) in [5.74, 6) is 1.56. The smallest absolute Gasteiger partial charge is 0.230 e. The molecule has 7 heteroatoms. The van der Waals surface area contributed by atoms with E-state index in [1.54, 1.807) is 17.5 Å². The average molecular weight is 354 g/mol. The van der Waals surface area contributed by atoms with Crippen LogP contribution in [0.3, 0.4) is 0 Å². The van der Waals surface area contributed by atoms with Crippen LogP contribution in [0.1, 0.15) is 30.2 Å². The van der Waals surface area contributed by atoms with Crippen molar-refractivity contribution in [3.05, 3.63) is 52.7 Å². The van der Waals surface area contributed by atoms with Crippen molar-refractivity contribution in [1.82, 2.24) is 20.0 Å². The Labute approximate surface area is 149 Å². The van der Waals surface area contributed by atoms with E-state index >= 15 is 0 Å². The predicted molar refractivity (Wildman–Crippen MR) is 94.1 cm³/mol. The van der Waals surface area contributed by atoms with Crippen molar-refractivity contribution in [2.45, 2.75) is 25.2 Å². The van der Waals surface area contributed by atoms with Gasteiger partial charge in [0.15, 0.2) is 0 Å². The molecule has 3 aromatic heterocycles. The SMILES string of the molecule is O=C(Cc1ccsc1)N1CCC(c2nc(-c3ccccn3)no2)CC1. The van der Waals surface area contributed by atoms with Gasteiger partial charge in [-0.2, -0.15) is 16.3 Å². The van der Waals surface area contributed by atoms with E-state index in [-0.39, 0.29) is 11.8 Å². The number of carbonyl (C=O) groups excluding carboxylic acids is 1. The third-order valence-electron chi connectivity index (χ3n) is 4.47. The average Bonchev–Trinajstić information content (AvgIpc) is 3.34. The fourth-order valence-corrected chi connectivity index (χ4v) is 3.72. The van der Waals surface area contributed by atoms with Gasteiger partial charge >= 0.3 is 0 Å². The highest BCUT2D eigenvalue weighted by atomic mass is 32.1. The molecule has 0 radical (unpaired) electrons. The molecule has 0 unspecified atom stereocenters. The number of thiophene rings is 1. The summed E-state index contributed by atoms with van der Waals surface area (Å²) in [5, 5.41) is 8.07. The first-order valence-electron chi connectivity index (χ1n) is 8.33. The molecule has 1 fully saturated rings. The lowest BCUT2D eigenvalue weighted by atomic mass is 9.96. The molecule has 0 aromatic carbocycles. The Bertz CT molecular complexity index is 824. The number of pyridine rings is 1. The second-order valence-corrected chi connectivity index (χ2v) is 6.91. The molecule has 1 aliphatic heterocycles. The minimum absolute atomic E-state index is 0.191. The molecule has 0 atom stereocenters. The third kappa shape index (κ3) is 3.61. The molecule has 128 valence electrons. The fourth-order valence-electron chi connectivity index (χ4n) is 3.06. The molecule has 3 aromatic rings. The van der Waals surface area contributed by atoms with Crippen LogP contribution in [0.5, 0.6) is 0 Å². The molecule has 0 spiro atoms. The molecule has 0 saturated carbocycles. The van der Waals surface area contributed by atoms with Crippen LogP contribution < -0.4 is 0 Å². The Morgan fingerprint density at radius 1 is 1.28 bits per heavy atom. The highest BCUT2D eigenvalue weighted by Gasteiger charge is 2.27. The number of aromatic nitrogens is 3. The van der Waals surface area contributed by atoms with Crippen molar-refractivity contribution in [1.29, 1.82) is 0 Å². The van der Waals surface area contributed by atoms with Gasteiger partial charge in [0.1, 0.15) is 5.69 Å². The molecule has 0 N–H and O–H groups in total. The van der Waals surface area contributed by atoms with Gasteiger partial charge in [0, 0.05) is 25.2 Å². The Morgan fingerprint density at radius 3 is 2.88 bits per heavy atom. The lowest BCUT2D eigenvalue weighted by Gasteiger charge is -2.30. The Hall–Kier alpha value is -2.54. The van der Waals surface area contributed by atoms with Crippen molar-refractivity contribution < 1.29 is 9.32 Å². The largest absolute Gasteiger partial charge is 0.342 e. The zero-order valence-corrected chi connectivity index (χ0v) is 14.5. The number of hydrogen-bond donors (Lipinski definition) is 0. The van der Waals surface area contributed by atoms with E-state index in [2.05, 4.69) is 15.1 Å². The molecular formula is C18H18N4O2S. The van der Waals surface area contributed by atoms with E-state index in [0.717, 1.165) is 31.5 Å². The van der Waals surface area contributed by atoms with Gasteiger partial charge in [-0.05, 0) is 47.4 Å². The summed E-state index contributed by atoms with van der Waals surface area (Å²) in [6, 6.07) is 7.62. The van der Waals surface area contributed by atoms with Gasteiger partial charge in [-0.15, -0.1) is 0 Å². The minimum atomic E-state index is 0.191. The summed E-state index contributed by atoms with van der Waals surface area (Å²) in [5.41, 5.74) is 1.80. The van der Waals surface area contributed by atoms with Crippen LogP contribution in [0.15, 0.2) is 45.7 Å². The molecule has 6 nitrogen and oxygen atoms in total. The van der Waals surface area contributed by atoms with Gasteiger partial charge < -0.3 is 9.42 Å². The number of nitrogens with zero attached hydrogens (tertiary/aromatic N) is 4. The van der Waals surface area contributed by atoms with E-state index in [4.69, 9.17) is 4.52 Å². The fraction of sp³-hybridized carbons (Fsp3) is 0.333. The second kappa shape index (κ2) is 7.14. The Kier molecular flexibility index (Phi) is 4.56. The van der Waals surface area contributed by atoms with Crippen molar-refractivity contribution in [2.24, 2.45) is 0 Å². The molecule has 0 bridgehead atoms. The summed E-state index contributed by atoms with van der Waals surface area (Å²) in [7, 11) is 0. The Morgan fingerprint density at radius 2 is 2.16 bits per heavy atom. The quantitative estimate of drug-likeness (QED) is 0.720. The van der Waals surface area contributed by atoms with E-state index < -0.39 is 0 Å². The van der Waals surface area contributed by atoms with Gasteiger partial charge in [0.05, 0.1) is 6.42 Å². The monoisotopic (exact) mass is 354 g/mol. The van der Waals surface area contributed by atoms with Gasteiger partial charge in [-0.3, -0.25) is 9.78 Å². The lowest BCUT2D eigenvalue weighted by Crippen LogP contribution is -2.38. The minimum Gasteiger partial charge on any atom is -0.342 e. The second-order valence-electron chi connectivity index (χ2n) is 6.13. The lowest BCUT2D eigenvalue weighted by molar-refractivity contribution is -0.131. The zero-order chi connectivity index (χ0) is 17.1. The molecule has 1 aliphatic rings. The number of amides is 1. The number of hydrogen-bond acceptors (Lipinski definition) is 6. The number of piperidine rings is 1. The first kappa shape index (κ1) is 16.0. The van der Waals surface area contributed by atoms with E-state index in [0.29, 0.717) is 23.8 Å². The topological polar surface area (TPSA) is 72.1 Å².